The number of hydrogen-bond donors (Lipinski definition) is 5. The summed E-state index contributed by atoms with van der Waals surface area (Å²) in [5, 5.41) is 14.8. The van der Waals surface area contributed by atoms with Crippen LogP contribution in [0.15, 0.2) is 48.8 Å². The van der Waals surface area contributed by atoms with Crippen LogP contribution in [0.4, 0.5) is 14.0 Å². The number of carbonyl (C=O) groups is 4. The first-order valence-electron chi connectivity index (χ1n) is 20.0. The fraction of sp³-hybridized carbons (Fsp3) is 0.429. The molecule has 3 aliphatic heterocycles. The van der Waals surface area contributed by atoms with Crippen LogP contribution in [0.2, 0.25) is 0 Å². The van der Waals surface area contributed by atoms with Crippen molar-refractivity contribution in [3.05, 3.63) is 66.3 Å². The summed E-state index contributed by atoms with van der Waals surface area (Å²) in [4.78, 5) is 70.0. The molecular formula is C42H48FN9O7. The second-order valence-electron chi connectivity index (χ2n) is 16.1. The van der Waals surface area contributed by atoms with Crippen LogP contribution in [0.1, 0.15) is 77.1 Å². The summed E-state index contributed by atoms with van der Waals surface area (Å²) in [7, 11) is 1.27. The van der Waals surface area contributed by atoms with Crippen molar-refractivity contribution in [1.29, 1.82) is 0 Å². The average Bonchev–Trinajstić information content (AvgIpc) is 4.08. The largest absolute Gasteiger partial charge is 0.472 e. The van der Waals surface area contributed by atoms with Gasteiger partial charge in [0.2, 0.25) is 11.8 Å². The van der Waals surface area contributed by atoms with E-state index in [1.54, 1.807) is 42.1 Å². The molecule has 5 N–H and O–H groups in total. The minimum atomic E-state index is -1.24. The Kier molecular flexibility index (Phi) is 10.5. The first-order valence-corrected chi connectivity index (χ1v) is 20.0. The summed E-state index contributed by atoms with van der Waals surface area (Å²) in [6.07, 6.45) is 4.43. The van der Waals surface area contributed by atoms with Crippen LogP contribution in [-0.2, 0) is 21.1 Å². The van der Waals surface area contributed by atoms with Gasteiger partial charge in [0.1, 0.15) is 29.5 Å². The Hall–Kier alpha value is -6.39. The maximum absolute atomic E-state index is 16.5. The Balaban J connectivity index is 1.02. The number of carbonyl (C=O) groups excluding carboxylic acids is 3. The highest BCUT2D eigenvalue weighted by molar-refractivity contribution is 5.93. The van der Waals surface area contributed by atoms with Gasteiger partial charge in [0.25, 0.3) is 0 Å². The lowest BCUT2D eigenvalue weighted by atomic mass is 10.0. The molecule has 4 amide bonds. The lowest BCUT2D eigenvalue weighted by molar-refractivity contribution is -0.136. The van der Waals surface area contributed by atoms with Gasteiger partial charge in [-0.2, -0.15) is 0 Å². The van der Waals surface area contributed by atoms with E-state index in [2.05, 4.69) is 30.6 Å². The van der Waals surface area contributed by atoms with Gasteiger partial charge in [-0.1, -0.05) is 39.8 Å². The van der Waals surface area contributed by atoms with Gasteiger partial charge in [-0.25, -0.2) is 23.9 Å². The Morgan fingerprint density at radius 1 is 0.847 bits per heavy atom. The highest BCUT2D eigenvalue weighted by Gasteiger charge is 2.39. The van der Waals surface area contributed by atoms with Gasteiger partial charge in [-0.15, -0.1) is 0 Å². The van der Waals surface area contributed by atoms with Gasteiger partial charge in [-0.05, 0) is 61.8 Å². The number of hydrogen-bond acceptors (Lipinski definition) is 8. The van der Waals surface area contributed by atoms with Crippen LogP contribution in [0.3, 0.4) is 0 Å². The zero-order valence-electron chi connectivity index (χ0n) is 33.5. The molecular weight excluding hydrogens is 762 g/mol. The van der Waals surface area contributed by atoms with Crippen molar-refractivity contribution in [2.24, 2.45) is 11.8 Å². The van der Waals surface area contributed by atoms with Gasteiger partial charge in [0.15, 0.2) is 12.5 Å². The van der Waals surface area contributed by atoms with Crippen molar-refractivity contribution in [2.75, 3.05) is 20.2 Å². The first-order chi connectivity index (χ1) is 28.3. The van der Waals surface area contributed by atoms with Crippen LogP contribution < -0.4 is 15.4 Å². The third-order valence-corrected chi connectivity index (χ3v) is 11.7. The molecule has 2 saturated heterocycles. The number of halogens is 1. The van der Waals surface area contributed by atoms with Gasteiger partial charge >= 0.3 is 12.2 Å². The zero-order valence-corrected chi connectivity index (χ0v) is 33.5. The molecule has 0 radical (unpaired) electrons. The van der Waals surface area contributed by atoms with Gasteiger partial charge in [0, 0.05) is 35.2 Å². The molecule has 2 aromatic carbocycles. The molecule has 8 rings (SSSR count). The van der Waals surface area contributed by atoms with Crippen LogP contribution in [0.5, 0.6) is 5.75 Å². The summed E-state index contributed by atoms with van der Waals surface area (Å²) in [5.74, 6) is 0.502. The van der Waals surface area contributed by atoms with E-state index in [-0.39, 0.29) is 48.3 Å². The molecule has 0 spiro atoms. The fourth-order valence-corrected chi connectivity index (χ4v) is 8.66. The predicted octanol–water partition coefficient (Wildman–Crippen LogP) is 6.58. The molecule has 3 aliphatic rings. The van der Waals surface area contributed by atoms with E-state index in [4.69, 9.17) is 9.47 Å². The van der Waals surface area contributed by atoms with Gasteiger partial charge < -0.3 is 49.5 Å². The number of nitrogens with one attached hydrogen (secondary N) is 4. The van der Waals surface area contributed by atoms with Crippen molar-refractivity contribution in [3.63, 3.8) is 0 Å². The third kappa shape index (κ3) is 7.22. The quantitative estimate of drug-likeness (QED) is 0.103. The smallest absolute Gasteiger partial charge is 0.407 e. The van der Waals surface area contributed by atoms with Gasteiger partial charge in [-0.3, -0.25) is 9.59 Å². The lowest BCUT2D eigenvalue weighted by Crippen LogP contribution is -2.51. The molecule has 6 heterocycles. The highest BCUT2D eigenvalue weighted by atomic mass is 19.1. The third-order valence-electron chi connectivity index (χ3n) is 11.7. The van der Waals surface area contributed by atoms with E-state index >= 15 is 4.39 Å². The van der Waals surface area contributed by atoms with Crippen molar-refractivity contribution < 1.29 is 38.1 Å². The molecule has 2 fully saturated rings. The van der Waals surface area contributed by atoms with Crippen LogP contribution in [0.25, 0.3) is 44.7 Å². The van der Waals surface area contributed by atoms with E-state index in [0.717, 1.165) is 24.0 Å². The Morgan fingerprint density at radius 2 is 1.41 bits per heavy atom. The van der Waals surface area contributed by atoms with Crippen LogP contribution in [0, 0.1) is 17.7 Å². The number of imidazole rings is 2. The Labute approximate surface area is 339 Å². The summed E-state index contributed by atoms with van der Waals surface area (Å²) in [6.45, 7) is 8.48. The molecule has 59 heavy (non-hydrogen) atoms. The monoisotopic (exact) mass is 809 g/mol. The Morgan fingerprint density at radius 3 is 1.97 bits per heavy atom. The molecule has 4 atom stereocenters. The molecule has 16 nitrogen and oxygen atoms in total. The minimum Gasteiger partial charge on any atom is -0.472 e. The lowest BCUT2D eigenvalue weighted by Gasteiger charge is -2.30. The standard InChI is InChI=1S/C42H48FN9O7/c1-21(2)34(48-41(55)56)39(53)50-14-6-8-30(50)38-45-19-28(47-38)24-10-12-25-32(17-24)59-20-52-29-13-11-23(16-26(29)33(43)36(25)52)27-18-44-37(46-27)31-9-7-15-51(31)40(54)35(22(3)4)49-42(57)58-5/h10-13,16-19,21-22,30-31,34-35,48H,6-9,14-15,20H2,1-5H3,(H,44,46)(H,45,47)(H,49,57)(H,55,56)/t30-,31-,34-,35?/m0/s1. The van der Waals surface area contributed by atoms with Crippen molar-refractivity contribution >= 4 is 34.9 Å². The number of nitrogens with zero attached hydrogens (tertiary/aromatic N) is 5. The van der Waals surface area contributed by atoms with Crippen LogP contribution >= 0.6 is 0 Å². The average molecular weight is 810 g/mol. The topological polar surface area (TPSA) is 200 Å². The number of alkyl carbamates (subject to hydrolysis) is 1. The zero-order chi connectivity index (χ0) is 41.7. The number of carboxylic acid groups (broad SMARTS) is 1. The molecule has 5 aromatic rings. The minimum absolute atomic E-state index is 0.0995. The summed E-state index contributed by atoms with van der Waals surface area (Å²) < 4.78 is 29.3. The normalized spacial score (nSPS) is 18.4. The number of benzene rings is 2. The molecule has 3 aromatic heterocycles. The van der Waals surface area contributed by atoms with Gasteiger partial charge in [0.05, 0.1) is 54.2 Å². The number of fused-ring (bicyclic) bond motifs is 5. The molecule has 17 heteroatoms. The number of methoxy groups -OCH3 is 1. The molecule has 1 unspecified atom stereocenters. The Bertz CT molecular complexity index is 2440. The number of rotatable bonds is 10. The fourth-order valence-electron chi connectivity index (χ4n) is 8.66. The van der Waals surface area contributed by atoms with E-state index in [0.29, 0.717) is 76.9 Å². The number of amides is 4. The SMILES string of the molecule is COC(=O)NC(C(=O)N1CCC[C@H]1c1ncc(-c2ccc3c(c2)c(F)c2n3COc3cc(-c4cnc([C@@H]5CCCN5C(=O)[C@@H](NC(=O)O)C(C)C)[nH]4)ccc3-2)[nH]1)C(C)C. The van der Waals surface area contributed by atoms with Crippen LogP contribution in [-0.4, -0.2) is 95.7 Å². The van der Waals surface area contributed by atoms with Crippen molar-refractivity contribution in [1.82, 2.24) is 44.9 Å². The van der Waals surface area contributed by atoms with E-state index in [9.17, 15) is 24.3 Å². The van der Waals surface area contributed by atoms with Crippen molar-refractivity contribution in [2.45, 2.75) is 84.3 Å². The number of aromatic amines is 2. The first kappa shape index (κ1) is 39.4. The second kappa shape index (κ2) is 15.8. The summed E-state index contributed by atoms with van der Waals surface area (Å²) >= 11 is 0. The van der Waals surface area contributed by atoms with E-state index in [1.807, 2.05) is 48.7 Å². The molecule has 310 valence electrons. The number of likely N-dealkylation sites (tertiary alicyclic amines) is 2. The summed E-state index contributed by atoms with van der Waals surface area (Å²) in [6, 6.07) is 8.86. The maximum Gasteiger partial charge on any atom is 0.407 e. The molecule has 0 bridgehead atoms. The van der Waals surface area contributed by atoms with E-state index in [1.165, 1.54) is 7.11 Å². The summed E-state index contributed by atoms with van der Waals surface area (Å²) in [5.41, 5.74) is 4.57. The molecule has 0 aliphatic carbocycles. The molecule has 0 saturated carbocycles. The number of ether oxygens (including phenoxy) is 2. The number of aromatic nitrogens is 5. The second-order valence-corrected chi connectivity index (χ2v) is 16.1. The van der Waals surface area contributed by atoms with Crippen molar-refractivity contribution in [3.8, 4) is 39.5 Å². The van der Waals surface area contributed by atoms with E-state index < -0.39 is 24.3 Å². The predicted molar refractivity (Wildman–Crippen MR) is 214 cm³/mol. The maximum atomic E-state index is 16.5. The number of H-pyrrole nitrogens is 2. The highest BCUT2D eigenvalue weighted by Crippen LogP contribution is 2.44.